The molecular weight excluding hydrogens is 430 g/mol. The number of hydrogen-bond acceptors (Lipinski definition) is 6. The molecule has 0 saturated heterocycles. The molecule has 0 bridgehead atoms. The number of esters is 1. The van der Waals surface area contributed by atoms with Crippen molar-refractivity contribution < 1.29 is 19.1 Å². The van der Waals surface area contributed by atoms with Gasteiger partial charge in [0.1, 0.15) is 16.7 Å². The fourth-order valence-corrected chi connectivity index (χ4v) is 3.26. The van der Waals surface area contributed by atoms with Crippen LogP contribution >= 0.6 is 11.6 Å². The Bertz CT molecular complexity index is 1030. The number of carbonyl (C=O) groups excluding carboxylic acids is 2. The summed E-state index contributed by atoms with van der Waals surface area (Å²) in [5.41, 5.74) is 1.25. The maximum atomic E-state index is 13.7. The topological polar surface area (TPSA) is 81.6 Å². The Labute approximate surface area is 192 Å². The van der Waals surface area contributed by atoms with Crippen LogP contribution < -0.4 is 9.64 Å². The van der Waals surface area contributed by atoms with Crippen molar-refractivity contribution in [3.8, 4) is 5.75 Å². The molecular formula is C24H24ClN3O4. The molecule has 2 aromatic heterocycles. The second kappa shape index (κ2) is 11.2. The maximum Gasteiger partial charge on any atom is 0.323 e. The standard InChI is InChI=1S/C24H24ClN3O4/c1-3-31-19-11-9-18(10-12-19)22(24(30)32-4-2)23(29)28(21-7-5-6-14-26-21)16-17-8-13-20(25)27-15-17/h5-15,22H,3-4,16H2,1-2H3. The lowest BCUT2D eigenvalue weighted by Crippen LogP contribution is -2.39. The van der Waals surface area contributed by atoms with Crippen LogP contribution in [0, 0.1) is 0 Å². The predicted molar refractivity (Wildman–Crippen MR) is 122 cm³/mol. The molecule has 0 spiro atoms. The Morgan fingerprint density at radius 1 is 1.00 bits per heavy atom. The SMILES string of the molecule is CCOC(=O)C(C(=O)N(Cc1ccc(Cl)nc1)c1ccccn1)c1ccc(OCC)cc1. The van der Waals surface area contributed by atoms with Crippen molar-refractivity contribution in [1.82, 2.24) is 9.97 Å². The van der Waals surface area contributed by atoms with Gasteiger partial charge in [-0.05, 0) is 55.3 Å². The minimum atomic E-state index is -1.16. The third kappa shape index (κ3) is 5.82. The van der Waals surface area contributed by atoms with E-state index >= 15 is 0 Å². The molecule has 1 amide bonds. The molecule has 7 nitrogen and oxygen atoms in total. The van der Waals surface area contributed by atoms with Gasteiger partial charge in [0.2, 0.25) is 5.91 Å². The van der Waals surface area contributed by atoms with E-state index in [0.717, 1.165) is 5.56 Å². The van der Waals surface area contributed by atoms with Gasteiger partial charge in [-0.3, -0.25) is 14.5 Å². The predicted octanol–water partition coefficient (Wildman–Crippen LogP) is 4.41. The number of amides is 1. The number of rotatable bonds is 9. The molecule has 8 heteroatoms. The minimum Gasteiger partial charge on any atom is -0.494 e. The Balaban J connectivity index is 1.99. The molecule has 1 aromatic carbocycles. The summed E-state index contributed by atoms with van der Waals surface area (Å²) < 4.78 is 10.7. The van der Waals surface area contributed by atoms with E-state index in [9.17, 15) is 9.59 Å². The summed E-state index contributed by atoms with van der Waals surface area (Å²) in [5, 5.41) is 0.350. The van der Waals surface area contributed by atoms with E-state index in [0.29, 0.717) is 28.9 Å². The van der Waals surface area contributed by atoms with Gasteiger partial charge in [-0.2, -0.15) is 0 Å². The van der Waals surface area contributed by atoms with Crippen molar-refractivity contribution in [3.05, 3.63) is 83.3 Å². The minimum absolute atomic E-state index is 0.157. The van der Waals surface area contributed by atoms with Crippen LogP contribution in [0.2, 0.25) is 5.15 Å². The first-order valence-corrected chi connectivity index (χ1v) is 10.6. The molecule has 2 heterocycles. The van der Waals surface area contributed by atoms with Crippen LogP contribution in [0.5, 0.6) is 5.75 Å². The molecule has 3 rings (SSSR count). The number of halogens is 1. The lowest BCUT2D eigenvalue weighted by molar-refractivity contribution is -0.147. The van der Waals surface area contributed by atoms with Crippen molar-refractivity contribution in [2.75, 3.05) is 18.1 Å². The van der Waals surface area contributed by atoms with E-state index in [1.165, 1.54) is 4.90 Å². The number of hydrogen-bond donors (Lipinski definition) is 0. The average Bonchev–Trinajstić information content (AvgIpc) is 2.81. The molecule has 166 valence electrons. The molecule has 0 aliphatic rings. The van der Waals surface area contributed by atoms with Crippen LogP contribution in [0.4, 0.5) is 5.82 Å². The van der Waals surface area contributed by atoms with Gasteiger partial charge in [0.05, 0.1) is 19.8 Å². The summed E-state index contributed by atoms with van der Waals surface area (Å²) in [6.45, 7) is 4.42. The van der Waals surface area contributed by atoms with Gasteiger partial charge < -0.3 is 9.47 Å². The number of carbonyl (C=O) groups is 2. The van der Waals surface area contributed by atoms with Crippen molar-refractivity contribution in [1.29, 1.82) is 0 Å². The van der Waals surface area contributed by atoms with Crippen LogP contribution in [-0.2, 0) is 20.9 Å². The lowest BCUT2D eigenvalue weighted by Gasteiger charge is -2.26. The second-order valence-corrected chi connectivity index (χ2v) is 7.18. The largest absolute Gasteiger partial charge is 0.494 e. The molecule has 0 radical (unpaired) electrons. The van der Waals surface area contributed by atoms with Gasteiger partial charge in [-0.1, -0.05) is 35.9 Å². The van der Waals surface area contributed by atoms with Gasteiger partial charge in [0.15, 0.2) is 5.92 Å². The molecule has 1 atom stereocenters. The van der Waals surface area contributed by atoms with Gasteiger partial charge >= 0.3 is 5.97 Å². The number of ether oxygens (including phenoxy) is 2. The van der Waals surface area contributed by atoms with Gasteiger partial charge in [-0.25, -0.2) is 9.97 Å². The van der Waals surface area contributed by atoms with E-state index in [4.69, 9.17) is 21.1 Å². The number of nitrogens with zero attached hydrogens (tertiary/aromatic N) is 3. The molecule has 1 unspecified atom stereocenters. The van der Waals surface area contributed by atoms with E-state index in [2.05, 4.69) is 9.97 Å². The van der Waals surface area contributed by atoms with Crippen LogP contribution in [-0.4, -0.2) is 35.1 Å². The quantitative estimate of drug-likeness (QED) is 0.271. The summed E-state index contributed by atoms with van der Waals surface area (Å²) >= 11 is 5.89. The van der Waals surface area contributed by atoms with Gasteiger partial charge in [0, 0.05) is 12.4 Å². The molecule has 0 aliphatic heterocycles. The second-order valence-electron chi connectivity index (χ2n) is 6.79. The van der Waals surface area contributed by atoms with Crippen molar-refractivity contribution in [2.45, 2.75) is 26.3 Å². The smallest absolute Gasteiger partial charge is 0.323 e. The van der Waals surface area contributed by atoms with Gasteiger partial charge in [0.25, 0.3) is 0 Å². The zero-order valence-electron chi connectivity index (χ0n) is 17.9. The molecule has 0 saturated carbocycles. The molecule has 3 aromatic rings. The average molecular weight is 454 g/mol. The number of aromatic nitrogens is 2. The summed E-state index contributed by atoms with van der Waals surface area (Å²) in [6.07, 6.45) is 3.17. The Morgan fingerprint density at radius 3 is 2.38 bits per heavy atom. The highest BCUT2D eigenvalue weighted by Crippen LogP contribution is 2.27. The van der Waals surface area contributed by atoms with Crippen molar-refractivity contribution in [3.63, 3.8) is 0 Å². The highest BCUT2D eigenvalue weighted by atomic mass is 35.5. The zero-order valence-corrected chi connectivity index (χ0v) is 18.7. The summed E-state index contributed by atoms with van der Waals surface area (Å²) in [5.74, 6) is -1.18. The van der Waals surface area contributed by atoms with Gasteiger partial charge in [-0.15, -0.1) is 0 Å². The fourth-order valence-electron chi connectivity index (χ4n) is 3.15. The highest BCUT2D eigenvalue weighted by Gasteiger charge is 2.35. The van der Waals surface area contributed by atoms with Crippen molar-refractivity contribution >= 4 is 29.3 Å². The van der Waals surface area contributed by atoms with E-state index in [1.807, 2.05) is 6.92 Å². The highest BCUT2D eigenvalue weighted by molar-refractivity contribution is 6.29. The summed E-state index contributed by atoms with van der Waals surface area (Å²) in [7, 11) is 0. The molecule has 0 N–H and O–H groups in total. The molecule has 32 heavy (non-hydrogen) atoms. The summed E-state index contributed by atoms with van der Waals surface area (Å²) in [6, 6.07) is 15.5. The van der Waals surface area contributed by atoms with E-state index < -0.39 is 17.8 Å². The third-order valence-corrected chi connectivity index (χ3v) is 4.84. The van der Waals surface area contributed by atoms with Crippen LogP contribution in [0.3, 0.4) is 0 Å². The number of benzene rings is 1. The first-order valence-electron chi connectivity index (χ1n) is 10.3. The Morgan fingerprint density at radius 2 is 1.78 bits per heavy atom. The Kier molecular flexibility index (Phi) is 8.16. The Hall–Kier alpha value is -3.45. The zero-order chi connectivity index (χ0) is 22.9. The van der Waals surface area contributed by atoms with Crippen LogP contribution in [0.25, 0.3) is 0 Å². The van der Waals surface area contributed by atoms with Crippen LogP contribution in [0.1, 0.15) is 30.9 Å². The maximum absolute atomic E-state index is 13.7. The van der Waals surface area contributed by atoms with Crippen molar-refractivity contribution in [2.24, 2.45) is 0 Å². The molecule has 0 fully saturated rings. The fraction of sp³-hybridized carbons (Fsp3) is 0.250. The first kappa shape index (κ1) is 23.2. The monoisotopic (exact) mass is 453 g/mol. The third-order valence-electron chi connectivity index (χ3n) is 4.61. The lowest BCUT2D eigenvalue weighted by atomic mass is 9.97. The first-order chi connectivity index (χ1) is 15.5. The van der Waals surface area contributed by atoms with E-state index in [1.54, 1.807) is 73.9 Å². The van der Waals surface area contributed by atoms with E-state index in [-0.39, 0.29) is 13.2 Å². The number of anilines is 1. The summed E-state index contributed by atoms with van der Waals surface area (Å²) in [4.78, 5) is 36.5. The van der Waals surface area contributed by atoms with Crippen LogP contribution in [0.15, 0.2) is 67.0 Å². The number of pyridine rings is 2. The molecule has 0 aliphatic carbocycles. The normalized spacial score (nSPS) is 11.5.